The van der Waals surface area contributed by atoms with Crippen molar-refractivity contribution in [3.8, 4) is 17.2 Å². The van der Waals surface area contributed by atoms with E-state index in [1.165, 1.54) is 25.3 Å². The molecule has 0 aliphatic carbocycles. The van der Waals surface area contributed by atoms with Crippen molar-refractivity contribution in [1.82, 2.24) is 9.97 Å². The minimum Gasteiger partial charge on any atom is -0.497 e. The molecule has 0 bridgehead atoms. The largest absolute Gasteiger partial charge is 0.497 e. The first-order valence-corrected chi connectivity index (χ1v) is 11.4. The lowest BCUT2D eigenvalue weighted by Gasteiger charge is -2.15. The van der Waals surface area contributed by atoms with Gasteiger partial charge in [-0.1, -0.05) is 32.4 Å². The van der Waals surface area contributed by atoms with Gasteiger partial charge < -0.3 is 14.5 Å². The lowest BCUT2D eigenvalue weighted by atomic mass is 9.95. The summed E-state index contributed by atoms with van der Waals surface area (Å²) in [6, 6.07) is 7.90. The molecule has 2 aromatic heterocycles. The number of thiophene rings is 1. The summed E-state index contributed by atoms with van der Waals surface area (Å²) in [6.07, 6.45) is 1.08. The molecule has 11 heteroatoms. The van der Waals surface area contributed by atoms with Crippen LogP contribution in [-0.4, -0.2) is 25.5 Å². The number of hydrogen-bond acceptors (Lipinski definition) is 7. The van der Waals surface area contributed by atoms with Crippen LogP contribution in [0.25, 0.3) is 0 Å². The lowest BCUT2D eigenvalue weighted by Crippen LogP contribution is -2.18. The minimum absolute atomic E-state index is 0.0971. The average molecular weight is 470 g/mol. The van der Waals surface area contributed by atoms with Gasteiger partial charge in [0.2, 0.25) is 5.75 Å². The highest BCUT2D eigenvalue weighted by molar-refractivity contribution is 7.94. The molecular weight excluding hydrogens is 450 g/mol. The number of nitrogens with zero attached hydrogens (tertiary/aromatic N) is 1. The molecule has 0 radical (unpaired) electrons. The van der Waals surface area contributed by atoms with Crippen molar-refractivity contribution in [2.75, 3.05) is 11.8 Å². The van der Waals surface area contributed by atoms with Crippen molar-refractivity contribution < 1.29 is 17.9 Å². The highest BCUT2D eigenvalue weighted by atomic mass is 35.5. The van der Waals surface area contributed by atoms with Gasteiger partial charge >= 0.3 is 0 Å². The smallest absolute Gasteiger partial charge is 0.296 e. The van der Waals surface area contributed by atoms with E-state index in [4.69, 9.17) is 21.1 Å². The highest BCUT2D eigenvalue weighted by Crippen LogP contribution is 2.35. The zero-order chi connectivity index (χ0) is 22.1. The normalized spacial score (nSPS) is 11.9. The number of ether oxygens (including phenoxy) is 2. The fourth-order valence-electron chi connectivity index (χ4n) is 2.40. The van der Waals surface area contributed by atoms with Crippen LogP contribution in [0.4, 0.5) is 5.82 Å². The van der Waals surface area contributed by atoms with Gasteiger partial charge in [-0.25, -0.2) is 13.4 Å². The first-order valence-electron chi connectivity index (χ1n) is 8.73. The van der Waals surface area contributed by atoms with Gasteiger partial charge in [0.1, 0.15) is 15.7 Å². The second kappa shape index (κ2) is 8.29. The fraction of sp³-hybridized carbons (Fsp3) is 0.263. The molecule has 0 fully saturated rings. The molecule has 160 valence electrons. The summed E-state index contributed by atoms with van der Waals surface area (Å²) in [7, 11) is -2.52. The Bertz CT molecular complexity index is 1230. The topological polar surface area (TPSA) is 110 Å². The third-order valence-corrected chi connectivity index (χ3v) is 7.63. The van der Waals surface area contributed by atoms with Crippen molar-refractivity contribution in [2.24, 2.45) is 0 Å². The fourth-order valence-corrected chi connectivity index (χ4v) is 4.93. The monoisotopic (exact) mass is 469 g/mol. The maximum absolute atomic E-state index is 12.9. The predicted octanol–water partition coefficient (Wildman–Crippen LogP) is 4.38. The van der Waals surface area contributed by atoms with Crippen LogP contribution in [0, 0.1) is 0 Å². The summed E-state index contributed by atoms with van der Waals surface area (Å²) < 4.78 is 38.9. The third kappa shape index (κ3) is 4.77. The van der Waals surface area contributed by atoms with E-state index in [0.29, 0.717) is 5.75 Å². The van der Waals surface area contributed by atoms with Gasteiger partial charge in [-0.3, -0.25) is 9.52 Å². The number of halogens is 1. The Morgan fingerprint density at radius 3 is 2.57 bits per heavy atom. The molecular formula is C19H20ClN3O5S2. The van der Waals surface area contributed by atoms with Crippen molar-refractivity contribution in [3.05, 3.63) is 56.9 Å². The summed E-state index contributed by atoms with van der Waals surface area (Å²) in [5.74, 6) is -0.0431. The van der Waals surface area contributed by atoms with Crippen LogP contribution in [0.1, 0.15) is 25.6 Å². The molecule has 1 aromatic carbocycles. The summed E-state index contributed by atoms with van der Waals surface area (Å²) in [6.45, 7) is 5.97. The van der Waals surface area contributed by atoms with Crippen LogP contribution in [-0.2, 0) is 15.4 Å². The first-order chi connectivity index (χ1) is 14.0. The second-order valence-corrected chi connectivity index (χ2v) is 10.7. The first kappa shape index (κ1) is 22.1. The Morgan fingerprint density at radius 1 is 1.20 bits per heavy atom. The van der Waals surface area contributed by atoms with Crippen molar-refractivity contribution in [2.45, 2.75) is 30.4 Å². The molecule has 30 heavy (non-hydrogen) atoms. The minimum atomic E-state index is -3.99. The maximum Gasteiger partial charge on any atom is 0.296 e. The SMILES string of the molecule is COc1ccc(Cl)c(Oc2c(NS(=O)(=O)c3ccc(C(C)(C)C)s3)nc[nH]c2=O)c1. The predicted molar refractivity (Wildman–Crippen MR) is 117 cm³/mol. The van der Waals surface area contributed by atoms with E-state index in [-0.39, 0.29) is 32.0 Å². The second-order valence-electron chi connectivity index (χ2n) is 7.28. The van der Waals surface area contributed by atoms with Gasteiger partial charge in [0, 0.05) is 10.9 Å². The molecule has 3 rings (SSSR count). The number of aromatic amines is 1. The van der Waals surface area contributed by atoms with Crippen LogP contribution in [0.15, 0.2) is 45.7 Å². The van der Waals surface area contributed by atoms with Crippen LogP contribution < -0.4 is 19.8 Å². The van der Waals surface area contributed by atoms with E-state index < -0.39 is 15.6 Å². The number of nitrogens with one attached hydrogen (secondary N) is 2. The summed E-state index contributed by atoms with van der Waals surface area (Å²) >= 11 is 7.28. The van der Waals surface area contributed by atoms with Crippen LogP contribution in [0.3, 0.4) is 0 Å². The number of benzene rings is 1. The van der Waals surface area contributed by atoms with Gasteiger partial charge in [0.25, 0.3) is 15.6 Å². The Morgan fingerprint density at radius 2 is 1.93 bits per heavy atom. The van der Waals surface area contributed by atoms with Crippen molar-refractivity contribution in [3.63, 3.8) is 0 Å². The van der Waals surface area contributed by atoms with E-state index in [9.17, 15) is 13.2 Å². The molecule has 0 aliphatic heterocycles. The molecule has 2 heterocycles. The van der Waals surface area contributed by atoms with Gasteiger partial charge in [0.15, 0.2) is 5.82 Å². The Balaban J connectivity index is 1.97. The molecule has 0 spiro atoms. The molecule has 3 aromatic rings. The quantitative estimate of drug-likeness (QED) is 0.554. The number of hydrogen-bond donors (Lipinski definition) is 2. The van der Waals surface area contributed by atoms with E-state index in [1.54, 1.807) is 12.1 Å². The number of sulfonamides is 1. The molecule has 0 aliphatic rings. The molecule has 0 amide bonds. The molecule has 2 N–H and O–H groups in total. The Hall–Kier alpha value is -2.56. The zero-order valence-corrected chi connectivity index (χ0v) is 19.0. The van der Waals surface area contributed by atoms with Crippen molar-refractivity contribution in [1.29, 1.82) is 0 Å². The number of methoxy groups -OCH3 is 1. The number of rotatable bonds is 6. The van der Waals surface area contributed by atoms with E-state index in [1.807, 2.05) is 20.8 Å². The Kier molecular flexibility index (Phi) is 6.11. The van der Waals surface area contributed by atoms with Crippen LogP contribution >= 0.6 is 22.9 Å². The number of anilines is 1. The highest BCUT2D eigenvalue weighted by Gasteiger charge is 2.25. The van der Waals surface area contributed by atoms with Gasteiger partial charge in [-0.2, -0.15) is 0 Å². The average Bonchev–Trinajstić information content (AvgIpc) is 3.17. The molecule has 0 unspecified atom stereocenters. The zero-order valence-electron chi connectivity index (χ0n) is 16.6. The van der Waals surface area contributed by atoms with Gasteiger partial charge in [-0.05, 0) is 29.7 Å². The maximum atomic E-state index is 12.9. The molecule has 8 nitrogen and oxygen atoms in total. The Labute approximate surface area is 182 Å². The van der Waals surface area contributed by atoms with Gasteiger partial charge in [-0.15, -0.1) is 11.3 Å². The number of H-pyrrole nitrogens is 1. The molecule has 0 saturated heterocycles. The number of aromatic nitrogens is 2. The van der Waals surface area contributed by atoms with Crippen molar-refractivity contribution >= 4 is 38.8 Å². The van der Waals surface area contributed by atoms with Crippen LogP contribution in [0.2, 0.25) is 5.02 Å². The summed E-state index contributed by atoms with van der Waals surface area (Å²) in [4.78, 5) is 19.5. The van der Waals surface area contributed by atoms with E-state index in [0.717, 1.165) is 22.5 Å². The standard InChI is InChI=1S/C19H20ClN3O5S2/c1-19(2,3)14-7-8-15(29-14)30(25,26)23-17-16(18(24)22-10-21-17)28-13-9-11(27-4)5-6-12(13)20/h5-10H,1-4H3,(H2,21,22,23,24). The molecule has 0 saturated carbocycles. The lowest BCUT2D eigenvalue weighted by molar-refractivity contribution is 0.408. The summed E-state index contributed by atoms with van der Waals surface area (Å²) in [5.41, 5.74) is -0.874. The third-order valence-electron chi connectivity index (χ3n) is 3.98. The van der Waals surface area contributed by atoms with Gasteiger partial charge in [0.05, 0.1) is 18.5 Å². The van der Waals surface area contributed by atoms with Crippen LogP contribution in [0.5, 0.6) is 17.2 Å². The van der Waals surface area contributed by atoms with E-state index in [2.05, 4.69) is 14.7 Å². The molecule has 0 atom stereocenters. The summed E-state index contributed by atoms with van der Waals surface area (Å²) in [5, 5.41) is 0.209. The van der Waals surface area contributed by atoms with E-state index >= 15 is 0 Å².